The molecule has 7 heteroatoms. The van der Waals surface area contributed by atoms with Gasteiger partial charge in [0.2, 0.25) is 6.10 Å². The number of rotatable bonds is 5. The van der Waals surface area contributed by atoms with Crippen molar-refractivity contribution in [2.75, 3.05) is 0 Å². The first kappa shape index (κ1) is 17.1. The lowest BCUT2D eigenvalue weighted by Gasteiger charge is -2.19. The Morgan fingerprint density at radius 3 is 1.91 bits per heavy atom. The van der Waals surface area contributed by atoms with Gasteiger partial charge in [0.05, 0.1) is 0 Å². The van der Waals surface area contributed by atoms with E-state index in [2.05, 4.69) is 10.9 Å². The van der Waals surface area contributed by atoms with Gasteiger partial charge in [0.15, 0.2) is 4.84 Å². The summed E-state index contributed by atoms with van der Waals surface area (Å²) in [6.07, 6.45) is -0.942. The van der Waals surface area contributed by atoms with Crippen LogP contribution < -0.4 is 15.6 Å². The number of alkyl halides is 2. The van der Waals surface area contributed by atoms with Gasteiger partial charge in [0.25, 0.3) is 11.8 Å². The van der Waals surface area contributed by atoms with Crippen molar-refractivity contribution < 1.29 is 14.3 Å². The summed E-state index contributed by atoms with van der Waals surface area (Å²) in [7, 11) is 0. The van der Waals surface area contributed by atoms with Gasteiger partial charge in [-0.05, 0) is 12.1 Å². The Kier molecular flexibility index (Phi) is 6.26. The van der Waals surface area contributed by atoms with Crippen molar-refractivity contribution in [2.45, 2.75) is 10.9 Å². The molecule has 0 radical (unpaired) electrons. The standard InChI is InChI=1S/C16H14Cl2N2O3/c17-14(18)16(22)20-19-15(21)13(11-7-3-1-4-8-11)23-12-9-5-2-6-10-12/h1-10,13-14H,(H,19,21)(H,20,22)/t13-/m0/s1. The first-order chi connectivity index (χ1) is 11.1. The molecule has 23 heavy (non-hydrogen) atoms. The van der Waals surface area contributed by atoms with Crippen LogP contribution in [0, 0.1) is 0 Å². The summed E-state index contributed by atoms with van der Waals surface area (Å²) < 4.78 is 5.73. The third kappa shape index (κ3) is 5.16. The van der Waals surface area contributed by atoms with Crippen molar-refractivity contribution in [1.82, 2.24) is 10.9 Å². The Morgan fingerprint density at radius 2 is 1.35 bits per heavy atom. The maximum Gasteiger partial charge on any atom is 0.284 e. The Balaban J connectivity index is 2.13. The zero-order chi connectivity index (χ0) is 16.7. The van der Waals surface area contributed by atoms with Gasteiger partial charge < -0.3 is 4.74 Å². The first-order valence-electron chi connectivity index (χ1n) is 6.72. The number of hydrogen-bond acceptors (Lipinski definition) is 3. The van der Waals surface area contributed by atoms with Crippen molar-refractivity contribution in [1.29, 1.82) is 0 Å². The smallest absolute Gasteiger partial charge is 0.284 e. The number of ether oxygens (including phenoxy) is 1. The largest absolute Gasteiger partial charge is 0.476 e. The highest BCUT2D eigenvalue weighted by Crippen LogP contribution is 2.21. The quantitative estimate of drug-likeness (QED) is 0.642. The normalized spacial score (nSPS) is 11.6. The van der Waals surface area contributed by atoms with E-state index in [1.807, 2.05) is 12.1 Å². The topological polar surface area (TPSA) is 67.4 Å². The van der Waals surface area contributed by atoms with Crippen LogP contribution in [0.2, 0.25) is 0 Å². The van der Waals surface area contributed by atoms with Crippen LogP contribution in [-0.4, -0.2) is 16.7 Å². The van der Waals surface area contributed by atoms with Crippen molar-refractivity contribution >= 4 is 35.0 Å². The third-order valence-corrected chi connectivity index (χ3v) is 3.24. The minimum Gasteiger partial charge on any atom is -0.476 e. The monoisotopic (exact) mass is 352 g/mol. The second-order valence-corrected chi connectivity index (χ2v) is 5.60. The van der Waals surface area contributed by atoms with Crippen LogP contribution in [0.15, 0.2) is 60.7 Å². The van der Waals surface area contributed by atoms with E-state index in [0.29, 0.717) is 11.3 Å². The highest BCUT2D eigenvalue weighted by atomic mass is 35.5. The average Bonchev–Trinajstić information content (AvgIpc) is 2.58. The Morgan fingerprint density at radius 1 is 0.826 bits per heavy atom. The average molecular weight is 353 g/mol. The van der Waals surface area contributed by atoms with Gasteiger partial charge in [-0.3, -0.25) is 20.4 Å². The van der Waals surface area contributed by atoms with Crippen LogP contribution in [0.4, 0.5) is 0 Å². The number of para-hydroxylation sites is 1. The van der Waals surface area contributed by atoms with E-state index in [-0.39, 0.29) is 0 Å². The fraction of sp³-hybridized carbons (Fsp3) is 0.125. The van der Waals surface area contributed by atoms with Crippen LogP contribution in [0.3, 0.4) is 0 Å². The molecule has 0 heterocycles. The number of amides is 2. The van der Waals surface area contributed by atoms with Crippen LogP contribution in [0.25, 0.3) is 0 Å². The highest BCUT2D eigenvalue weighted by molar-refractivity contribution is 6.53. The number of nitrogens with one attached hydrogen (secondary N) is 2. The van der Waals surface area contributed by atoms with Gasteiger partial charge >= 0.3 is 0 Å². The fourth-order valence-corrected chi connectivity index (χ4v) is 1.89. The summed E-state index contributed by atoms with van der Waals surface area (Å²) >= 11 is 10.8. The van der Waals surface area contributed by atoms with Gasteiger partial charge in [0, 0.05) is 5.56 Å². The van der Waals surface area contributed by atoms with Gasteiger partial charge in [-0.2, -0.15) is 0 Å². The molecule has 0 aromatic heterocycles. The summed E-state index contributed by atoms with van der Waals surface area (Å²) in [5.41, 5.74) is 5.02. The molecule has 0 saturated heterocycles. The molecule has 0 spiro atoms. The summed E-state index contributed by atoms with van der Waals surface area (Å²) in [4.78, 5) is 22.4. The lowest BCUT2D eigenvalue weighted by molar-refractivity contribution is -0.133. The molecule has 0 bridgehead atoms. The fourth-order valence-electron chi connectivity index (χ4n) is 1.78. The number of carbonyl (C=O) groups is 2. The molecule has 2 aromatic rings. The van der Waals surface area contributed by atoms with E-state index in [9.17, 15) is 9.59 Å². The third-order valence-electron chi connectivity index (χ3n) is 2.84. The second kappa shape index (κ2) is 8.41. The number of halogens is 2. The maximum absolute atomic E-state index is 12.3. The molecule has 5 nitrogen and oxygen atoms in total. The van der Waals surface area contributed by atoms with Gasteiger partial charge in [0.1, 0.15) is 5.75 Å². The van der Waals surface area contributed by atoms with E-state index < -0.39 is 22.8 Å². The van der Waals surface area contributed by atoms with E-state index >= 15 is 0 Å². The summed E-state index contributed by atoms with van der Waals surface area (Å²) in [6, 6.07) is 17.8. The lowest BCUT2D eigenvalue weighted by atomic mass is 10.1. The van der Waals surface area contributed by atoms with Gasteiger partial charge in [-0.1, -0.05) is 71.7 Å². The molecule has 1 atom stereocenters. The van der Waals surface area contributed by atoms with Crippen LogP contribution >= 0.6 is 23.2 Å². The zero-order valence-corrected chi connectivity index (χ0v) is 13.4. The molecular formula is C16H14Cl2N2O3. The molecule has 0 saturated carbocycles. The summed E-state index contributed by atoms with van der Waals surface area (Å²) in [6.45, 7) is 0. The molecule has 2 rings (SSSR count). The Hall–Kier alpha value is -2.24. The van der Waals surface area contributed by atoms with E-state index in [1.165, 1.54) is 0 Å². The molecule has 2 N–H and O–H groups in total. The van der Waals surface area contributed by atoms with Crippen molar-refractivity contribution in [2.24, 2.45) is 0 Å². The van der Waals surface area contributed by atoms with Crippen LogP contribution in [0.5, 0.6) is 5.75 Å². The molecule has 0 aliphatic rings. The van der Waals surface area contributed by atoms with Gasteiger partial charge in [-0.25, -0.2) is 0 Å². The predicted octanol–water partition coefficient (Wildman–Crippen LogP) is 2.76. The second-order valence-electron chi connectivity index (χ2n) is 4.50. The Bertz CT molecular complexity index is 651. The number of hydrazine groups is 1. The molecule has 0 fully saturated rings. The number of hydrogen-bond donors (Lipinski definition) is 2. The van der Waals surface area contributed by atoms with Crippen LogP contribution in [0.1, 0.15) is 11.7 Å². The minimum absolute atomic E-state index is 0.524. The molecule has 2 aromatic carbocycles. The summed E-state index contributed by atoms with van der Waals surface area (Å²) in [5, 5.41) is 0. The molecule has 0 aliphatic heterocycles. The van der Waals surface area contributed by atoms with E-state index in [1.54, 1.807) is 48.5 Å². The number of benzene rings is 2. The Labute approximate surface area is 143 Å². The predicted molar refractivity (Wildman–Crippen MR) is 88.0 cm³/mol. The SMILES string of the molecule is O=C(NNC(=O)[C@@H](Oc1ccccc1)c1ccccc1)C(Cl)Cl. The number of carbonyl (C=O) groups excluding carboxylic acids is 2. The van der Waals surface area contributed by atoms with Crippen molar-refractivity contribution in [3.05, 3.63) is 66.2 Å². The minimum atomic E-state index is -1.28. The lowest BCUT2D eigenvalue weighted by Crippen LogP contribution is -2.46. The first-order valence-corrected chi connectivity index (χ1v) is 7.59. The van der Waals surface area contributed by atoms with Crippen molar-refractivity contribution in [3.8, 4) is 5.75 Å². The van der Waals surface area contributed by atoms with E-state index in [0.717, 1.165) is 0 Å². The van der Waals surface area contributed by atoms with Crippen LogP contribution in [-0.2, 0) is 9.59 Å². The molecular weight excluding hydrogens is 339 g/mol. The molecule has 0 unspecified atom stereocenters. The highest BCUT2D eigenvalue weighted by Gasteiger charge is 2.23. The van der Waals surface area contributed by atoms with Gasteiger partial charge in [-0.15, -0.1) is 0 Å². The molecule has 0 aliphatic carbocycles. The zero-order valence-electron chi connectivity index (χ0n) is 11.9. The molecule has 2 amide bonds. The van der Waals surface area contributed by atoms with Crippen molar-refractivity contribution in [3.63, 3.8) is 0 Å². The summed E-state index contributed by atoms with van der Waals surface area (Å²) in [5.74, 6) is -0.758. The van der Waals surface area contributed by atoms with E-state index in [4.69, 9.17) is 27.9 Å². The maximum atomic E-state index is 12.3. The molecule has 120 valence electrons.